The third-order valence-electron chi connectivity index (χ3n) is 4.75. The van der Waals surface area contributed by atoms with Crippen LogP contribution in [-0.4, -0.2) is 37.5 Å². The number of benzene rings is 1. The normalized spacial score (nSPS) is 15.5. The number of nitrogens with one attached hydrogen (secondary N) is 1. The van der Waals surface area contributed by atoms with E-state index in [0.717, 1.165) is 17.9 Å². The van der Waals surface area contributed by atoms with Gasteiger partial charge in [0.15, 0.2) is 0 Å². The highest BCUT2D eigenvalue weighted by Crippen LogP contribution is 2.67. The summed E-state index contributed by atoms with van der Waals surface area (Å²) in [6, 6.07) is 10.3. The van der Waals surface area contributed by atoms with Crippen LogP contribution in [0.4, 0.5) is 5.69 Å². The van der Waals surface area contributed by atoms with Crippen LogP contribution in [0.25, 0.3) is 0 Å². The number of carbonyl (C=O) groups excluding carboxylic acids is 2. The highest BCUT2D eigenvalue weighted by atomic mass is 32.1. The molecule has 2 heterocycles. The molecule has 4 nitrogen and oxygen atoms in total. The van der Waals surface area contributed by atoms with Crippen molar-refractivity contribution in [2.75, 3.05) is 30.9 Å². The van der Waals surface area contributed by atoms with E-state index in [0.29, 0.717) is 16.7 Å². The summed E-state index contributed by atoms with van der Waals surface area (Å²) in [5.74, 6) is -0.404. The number of carbonyl (C=O) groups is 2. The van der Waals surface area contributed by atoms with Gasteiger partial charge in [0.25, 0.3) is 5.91 Å². The van der Waals surface area contributed by atoms with Gasteiger partial charge in [0, 0.05) is 7.26 Å². The van der Waals surface area contributed by atoms with Crippen molar-refractivity contribution in [3.8, 4) is 0 Å². The molecular weight excluding hydrogens is 365 g/mol. The predicted molar refractivity (Wildman–Crippen MR) is 110 cm³/mol. The van der Waals surface area contributed by atoms with Crippen LogP contribution in [0.2, 0.25) is 0 Å². The highest BCUT2D eigenvalue weighted by molar-refractivity contribution is 7.79. The molecule has 0 spiro atoms. The molecule has 0 radical (unpaired) electrons. The maximum Gasteiger partial charge on any atom is 0.350 e. The minimum Gasteiger partial charge on any atom is -0.465 e. The van der Waals surface area contributed by atoms with Crippen molar-refractivity contribution in [1.29, 1.82) is 0 Å². The Labute approximate surface area is 159 Å². The summed E-state index contributed by atoms with van der Waals surface area (Å²) in [4.78, 5) is 25.2. The van der Waals surface area contributed by atoms with Gasteiger partial charge in [0.2, 0.25) is 0 Å². The number of thiophene rings is 1. The smallest absolute Gasteiger partial charge is 0.350 e. The van der Waals surface area contributed by atoms with Crippen LogP contribution in [0.5, 0.6) is 0 Å². The van der Waals surface area contributed by atoms with Crippen LogP contribution in [0, 0.1) is 13.1 Å². The number of methoxy groups -OCH3 is 1. The Hall–Kier alpha value is -1.84. The second-order valence-electron chi connectivity index (χ2n) is 6.73. The number of ether oxygens (including phenoxy) is 1. The zero-order valence-corrected chi connectivity index (χ0v) is 16.9. The van der Waals surface area contributed by atoms with Gasteiger partial charge in [-0.2, -0.15) is 17.7 Å². The van der Waals surface area contributed by atoms with Crippen LogP contribution in [0.1, 0.15) is 33.6 Å². The molecule has 0 saturated carbocycles. The van der Waals surface area contributed by atoms with Gasteiger partial charge in [-0.05, 0) is 36.9 Å². The van der Waals surface area contributed by atoms with Crippen LogP contribution < -0.4 is 5.32 Å². The van der Waals surface area contributed by atoms with Gasteiger partial charge in [0.1, 0.15) is 11.0 Å². The van der Waals surface area contributed by atoms with Crippen molar-refractivity contribution >= 4 is 36.2 Å². The molecule has 2 aromatic rings. The highest BCUT2D eigenvalue weighted by Gasteiger charge is 2.40. The van der Waals surface area contributed by atoms with Gasteiger partial charge in [-0.3, -0.25) is 4.79 Å². The Morgan fingerprint density at radius 1 is 1.23 bits per heavy atom. The van der Waals surface area contributed by atoms with E-state index >= 15 is 0 Å². The molecule has 1 aromatic carbocycles. The van der Waals surface area contributed by atoms with E-state index in [2.05, 4.69) is 23.6 Å². The Bertz CT molecular complexity index is 782. The predicted octanol–water partition coefficient (Wildman–Crippen LogP) is 4.80. The third kappa shape index (κ3) is 4.28. The molecular formula is C20H24NO3PS. The van der Waals surface area contributed by atoms with Gasteiger partial charge >= 0.3 is 5.97 Å². The minimum atomic E-state index is -1.45. The van der Waals surface area contributed by atoms with Crippen molar-refractivity contribution < 1.29 is 14.3 Å². The molecule has 1 fully saturated rings. The van der Waals surface area contributed by atoms with Crippen molar-refractivity contribution in [2.45, 2.75) is 19.8 Å². The first-order valence-electron chi connectivity index (χ1n) is 8.76. The molecule has 1 aromatic heterocycles. The first-order valence-corrected chi connectivity index (χ1v) is 12.1. The fraction of sp³-hybridized carbons (Fsp3) is 0.350. The van der Waals surface area contributed by atoms with Crippen LogP contribution in [0.3, 0.4) is 0 Å². The van der Waals surface area contributed by atoms with Gasteiger partial charge in [-0.25, -0.2) is 4.79 Å². The van der Waals surface area contributed by atoms with E-state index in [1.165, 1.54) is 36.9 Å². The number of rotatable bonds is 6. The van der Waals surface area contributed by atoms with Crippen LogP contribution in [-0.2, 0) is 9.53 Å². The molecule has 1 amide bonds. The van der Waals surface area contributed by atoms with E-state index in [-0.39, 0.29) is 5.91 Å². The maximum absolute atomic E-state index is 12.8. The summed E-state index contributed by atoms with van der Waals surface area (Å²) >= 11 is 1.31. The second kappa shape index (κ2) is 8.24. The Balaban J connectivity index is 1.74. The third-order valence-corrected chi connectivity index (χ3v) is 10.0. The largest absolute Gasteiger partial charge is 0.465 e. The molecule has 1 aliphatic heterocycles. The molecule has 0 aliphatic carbocycles. The first kappa shape index (κ1) is 18.9. The number of aryl methyl sites for hydroxylation is 1. The van der Waals surface area contributed by atoms with E-state index in [1.54, 1.807) is 0 Å². The SMILES string of the molecule is COC(=O)c1scc(C)c1NC(=O)C[P+]1([CH-]c2ccccc2)CCCC1. The molecule has 6 heteroatoms. The summed E-state index contributed by atoms with van der Waals surface area (Å²) in [5.41, 5.74) is 2.70. The Morgan fingerprint density at radius 2 is 1.92 bits per heavy atom. The van der Waals surface area contributed by atoms with Crippen molar-refractivity contribution in [3.63, 3.8) is 0 Å². The number of amides is 1. The summed E-state index contributed by atoms with van der Waals surface area (Å²) in [7, 11) is -0.0959. The lowest BCUT2D eigenvalue weighted by atomic mass is 10.2. The summed E-state index contributed by atoms with van der Waals surface area (Å²) < 4.78 is 4.83. The number of hydrogen-bond donors (Lipinski definition) is 1. The lowest BCUT2D eigenvalue weighted by Crippen LogP contribution is -2.21. The van der Waals surface area contributed by atoms with Crippen molar-refractivity contribution in [2.24, 2.45) is 0 Å². The van der Waals surface area contributed by atoms with Gasteiger partial charge in [-0.15, -0.1) is 23.5 Å². The van der Waals surface area contributed by atoms with Crippen molar-refractivity contribution in [1.82, 2.24) is 0 Å². The van der Waals surface area contributed by atoms with Gasteiger partial charge < -0.3 is 10.1 Å². The fourth-order valence-electron chi connectivity index (χ4n) is 3.46. The molecule has 1 saturated heterocycles. The molecule has 26 heavy (non-hydrogen) atoms. The molecule has 0 unspecified atom stereocenters. The molecule has 1 N–H and O–H groups in total. The zero-order chi connectivity index (χ0) is 18.6. The topological polar surface area (TPSA) is 55.4 Å². The minimum absolute atomic E-state index is 0.000863. The van der Waals surface area contributed by atoms with Crippen LogP contribution in [0.15, 0.2) is 35.7 Å². The second-order valence-corrected chi connectivity index (χ2v) is 11.5. The van der Waals surface area contributed by atoms with E-state index in [4.69, 9.17) is 4.74 Å². The van der Waals surface area contributed by atoms with Gasteiger partial charge in [0.05, 0.1) is 25.1 Å². The lowest BCUT2D eigenvalue weighted by Gasteiger charge is -2.26. The number of anilines is 1. The first-order chi connectivity index (χ1) is 12.5. The quantitative estimate of drug-likeness (QED) is 0.438. The van der Waals surface area contributed by atoms with E-state index < -0.39 is 13.2 Å². The standard InChI is InChI=1S/C20H24NO3PS/c1-15-14-26-19(20(23)24-2)18(15)21-17(22)13-25(10-6-7-11-25)12-16-8-4-3-5-9-16/h3-5,8-9,12,14H,6-7,10-11,13H2,1-2H3,(H,21,22). The monoisotopic (exact) mass is 389 g/mol. The lowest BCUT2D eigenvalue weighted by molar-refractivity contribution is -0.113. The average molecular weight is 389 g/mol. The molecule has 0 bridgehead atoms. The summed E-state index contributed by atoms with van der Waals surface area (Å²) in [5, 5.41) is 4.86. The number of esters is 1. The van der Waals surface area contributed by atoms with Gasteiger partial charge in [-0.1, -0.05) is 6.07 Å². The maximum atomic E-state index is 12.8. The van der Waals surface area contributed by atoms with Crippen LogP contribution >= 0.6 is 18.6 Å². The summed E-state index contributed by atoms with van der Waals surface area (Å²) in [6.45, 7) is 1.90. The Kier molecular flexibility index (Phi) is 6.00. The molecule has 1 aliphatic rings. The summed E-state index contributed by atoms with van der Waals surface area (Å²) in [6.07, 6.45) is 7.53. The molecule has 3 rings (SSSR count). The zero-order valence-electron chi connectivity index (χ0n) is 15.2. The molecule has 0 atom stereocenters. The fourth-order valence-corrected chi connectivity index (χ4v) is 8.43. The Morgan fingerprint density at radius 3 is 2.58 bits per heavy atom. The average Bonchev–Trinajstić information content (AvgIpc) is 3.23. The van der Waals surface area contributed by atoms with E-state index in [1.807, 2.05) is 30.5 Å². The molecule has 138 valence electrons. The number of hydrogen-bond acceptors (Lipinski definition) is 4. The van der Waals surface area contributed by atoms with E-state index in [9.17, 15) is 9.59 Å². The van der Waals surface area contributed by atoms with Crippen molar-refractivity contribution in [3.05, 3.63) is 57.9 Å².